The Labute approximate surface area is 101 Å². The van der Waals surface area contributed by atoms with Crippen molar-refractivity contribution in [2.45, 2.75) is 38.3 Å². The fourth-order valence-corrected chi connectivity index (χ4v) is 2.00. The molecule has 6 heteroatoms. The molecule has 1 amide bonds. The van der Waals surface area contributed by atoms with Crippen molar-refractivity contribution in [2.24, 2.45) is 0 Å². The summed E-state index contributed by atoms with van der Waals surface area (Å²) < 4.78 is 1.57. The Morgan fingerprint density at radius 2 is 2.47 bits per heavy atom. The van der Waals surface area contributed by atoms with Crippen molar-refractivity contribution < 1.29 is 4.79 Å². The summed E-state index contributed by atoms with van der Waals surface area (Å²) in [4.78, 5) is 15.8. The molecule has 94 valence electrons. The lowest BCUT2D eigenvalue weighted by atomic mass is 10.1. The van der Waals surface area contributed by atoms with Gasteiger partial charge in [-0.15, -0.1) is 0 Å². The van der Waals surface area contributed by atoms with Gasteiger partial charge in [0.25, 0.3) is 0 Å². The Kier molecular flexibility index (Phi) is 4.08. The fourth-order valence-electron chi connectivity index (χ4n) is 2.00. The van der Waals surface area contributed by atoms with E-state index in [2.05, 4.69) is 20.7 Å². The zero-order valence-electron chi connectivity index (χ0n) is 10.1. The van der Waals surface area contributed by atoms with Crippen molar-refractivity contribution in [1.29, 1.82) is 0 Å². The lowest BCUT2D eigenvalue weighted by molar-refractivity contribution is -0.124. The molecular formula is C11H19N5O. The minimum absolute atomic E-state index is 0.00389. The predicted molar refractivity (Wildman–Crippen MR) is 63.4 cm³/mol. The fraction of sp³-hybridized carbons (Fsp3) is 0.727. The van der Waals surface area contributed by atoms with Crippen LogP contribution in [0.5, 0.6) is 0 Å². The highest BCUT2D eigenvalue weighted by Gasteiger charge is 2.20. The molecule has 2 rings (SSSR count). The lowest BCUT2D eigenvalue weighted by Gasteiger charge is -2.19. The first-order valence-corrected chi connectivity index (χ1v) is 6.12. The summed E-state index contributed by atoms with van der Waals surface area (Å²) in [6.45, 7) is 3.73. The molecule has 0 aromatic carbocycles. The lowest BCUT2D eigenvalue weighted by Crippen LogP contribution is -2.43. The zero-order chi connectivity index (χ0) is 12.1. The van der Waals surface area contributed by atoms with Crippen LogP contribution in [0, 0.1) is 0 Å². The van der Waals surface area contributed by atoms with Gasteiger partial charge in [-0.25, -0.2) is 9.67 Å². The van der Waals surface area contributed by atoms with E-state index in [4.69, 9.17) is 0 Å². The third-order valence-corrected chi connectivity index (χ3v) is 3.11. The van der Waals surface area contributed by atoms with E-state index < -0.39 is 0 Å². The van der Waals surface area contributed by atoms with Gasteiger partial charge in [0.2, 0.25) is 5.91 Å². The molecule has 2 unspecified atom stereocenters. The van der Waals surface area contributed by atoms with E-state index in [0.717, 1.165) is 25.9 Å². The van der Waals surface area contributed by atoms with Gasteiger partial charge in [0.15, 0.2) is 0 Å². The molecular weight excluding hydrogens is 218 g/mol. The molecule has 0 spiro atoms. The molecule has 1 aromatic rings. The number of rotatable bonds is 3. The van der Waals surface area contributed by atoms with Gasteiger partial charge in [0.05, 0.1) is 0 Å². The Morgan fingerprint density at radius 3 is 3.24 bits per heavy atom. The molecule has 1 saturated heterocycles. The highest BCUT2D eigenvalue weighted by atomic mass is 16.2. The van der Waals surface area contributed by atoms with Crippen LogP contribution in [-0.4, -0.2) is 39.8 Å². The third kappa shape index (κ3) is 3.26. The van der Waals surface area contributed by atoms with E-state index in [1.807, 2.05) is 6.92 Å². The molecule has 2 atom stereocenters. The Hall–Kier alpha value is -1.43. The summed E-state index contributed by atoms with van der Waals surface area (Å²) >= 11 is 0. The SMILES string of the molecule is CC(C(=O)NC1CCCCNC1)n1cncn1. The van der Waals surface area contributed by atoms with Gasteiger partial charge in [-0.1, -0.05) is 6.42 Å². The van der Waals surface area contributed by atoms with Crippen LogP contribution in [0.25, 0.3) is 0 Å². The highest BCUT2D eigenvalue weighted by Crippen LogP contribution is 2.07. The van der Waals surface area contributed by atoms with E-state index in [1.165, 1.54) is 12.7 Å². The van der Waals surface area contributed by atoms with Crippen LogP contribution in [0.15, 0.2) is 12.7 Å². The monoisotopic (exact) mass is 237 g/mol. The second-order valence-electron chi connectivity index (χ2n) is 4.46. The van der Waals surface area contributed by atoms with Gasteiger partial charge < -0.3 is 10.6 Å². The number of amides is 1. The number of hydrogen-bond donors (Lipinski definition) is 2. The smallest absolute Gasteiger partial charge is 0.244 e. The minimum atomic E-state index is -0.305. The summed E-state index contributed by atoms with van der Waals surface area (Å²) in [5.41, 5.74) is 0. The van der Waals surface area contributed by atoms with E-state index in [1.54, 1.807) is 11.0 Å². The summed E-state index contributed by atoms with van der Waals surface area (Å²) in [6, 6.07) is -0.0725. The maximum Gasteiger partial charge on any atom is 0.244 e. The van der Waals surface area contributed by atoms with Gasteiger partial charge >= 0.3 is 0 Å². The van der Waals surface area contributed by atoms with Crippen molar-refractivity contribution in [1.82, 2.24) is 25.4 Å². The first-order valence-electron chi connectivity index (χ1n) is 6.12. The van der Waals surface area contributed by atoms with Crippen molar-refractivity contribution >= 4 is 5.91 Å². The standard InChI is InChI=1S/C11H19N5O/c1-9(16-8-13-7-14-16)11(17)15-10-4-2-3-5-12-6-10/h7-10,12H,2-6H2,1H3,(H,15,17). The molecule has 1 aromatic heterocycles. The van der Waals surface area contributed by atoms with Crippen molar-refractivity contribution in [3.8, 4) is 0 Å². The van der Waals surface area contributed by atoms with Gasteiger partial charge in [0.1, 0.15) is 18.7 Å². The molecule has 1 aliphatic heterocycles. The molecule has 2 heterocycles. The van der Waals surface area contributed by atoms with Crippen LogP contribution >= 0.6 is 0 Å². The van der Waals surface area contributed by atoms with Crippen LogP contribution in [-0.2, 0) is 4.79 Å². The van der Waals surface area contributed by atoms with Crippen molar-refractivity contribution in [3.63, 3.8) is 0 Å². The molecule has 0 bridgehead atoms. The number of hydrogen-bond acceptors (Lipinski definition) is 4. The van der Waals surface area contributed by atoms with E-state index >= 15 is 0 Å². The summed E-state index contributed by atoms with van der Waals surface area (Å²) in [5.74, 6) is 0.00389. The molecule has 1 fully saturated rings. The number of carbonyl (C=O) groups excluding carboxylic acids is 1. The van der Waals surface area contributed by atoms with E-state index in [0.29, 0.717) is 0 Å². The summed E-state index contributed by atoms with van der Waals surface area (Å²) in [6.07, 6.45) is 6.40. The molecule has 0 saturated carbocycles. The summed E-state index contributed by atoms with van der Waals surface area (Å²) in [5, 5.41) is 10.4. The largest absolute Gasteiger partial charge is 0.350 e. The summed E-state index contributed by atoms with van der Waals surface area (Å²) in [7, 11) is 0. The average Bonchev–Trinajstić information content (AvgIpc) is 2.74. The molecule has 17 heavy (non-hydrogen) atoms. The topological polar surface area (TPSA) is 71.8 Å². The number of carbonyl (C=O) groups is 1. The van der Waals surface area contributed by atoms with Crippen LogP contribution in [0.4, 0.5) is 0 Å². The van der Waals surface area contributed by atoms with Crippen LogP contribution in [0.2, 0.25) is 0 Å². The molecule has 1 aliphatic rings. The second-order valence-corrected chi connectivity index (χ2v) is 4.46. The second kappa shape index (κ2) is 5.77. The van der Waals surface area contributed by atoms with Crippen LogP contribution in [0.3, 0.4) is 0 Å². The van der Waals surface area contributed by atoms with Crippen LogP contribution < -0.4 is 10.6 Å². The number of nitrogens with zero attached hydrogens (tertiary/aromatic N) is 3. The Balaban J connectivity index is 1.87. The van der Waals surface area contributed by atoms with Gasteiger partial charge in [-0.2, -0.15) is 5.10 Å². The maximum atomic E-state index is 12.0. The van der Waals surface area contributed by atoms with E-state index in [-0.39, 0.29) is 18.0 Å². The van der Waals surface area contributed by atoms with Crippen molar-refractivity contribution in [2.75, 3.05) is 13.1 Å². The number of aromatic nitrogens is 3. The molecule has 2 N–H and O–H groups in total. The third-order valence-electron chi connectivity index (χ3n) is 3.11. The van der Waals surface area contributed by atoms with Crippen molar-refractivity contribution in [3.05, 3.63) is 12.7 Å². The van der Waals surface area contributed by atoms with Gasteiger partial charge in [0, 0.05) is 12.6 Å². The zero-order valence-corrected chi connectivity index (χ0v) is 10.1. The van der Waals surface area contributed by atoms with Gasteiger partial charge in [-0.05, 0) is 26.3 Å². The Morgan fingerprint density at radius 1 is 1.59 bits per heavy atom. The minimum Gasteiger partial charge on any atom is -0.350 e. The molecule has 0 radical (unpaired) electrons. The highest BCUT2D eigenvalue weighted by molar-refractivity contribution is 5.80. The normalized spacial score (nSPS) is 22.8. The molecule has 0 aliphatic carbocycles. The van der Waals surface area contributed by atoms with E-state index in [9.17, 15) is 4.79 Å². The van der Waals surface area contributed by atoms with Crippen LogP contribution in [0.1, 0.15) is 32.2 Å². The number of nitrogens with one attached hydrogen (secondary N) is 2. The first kappa shape index (κ1) is 12.0. The first-order chi connectivity index (χ1) is 8.27. The maximum absolute atomic E-state index is 12.0. The molecule has 6 nitrogen and oxygen atoms in total. The van der Waals surface area contributed by atoms with Gasteiger partial charge in [-0.3, -0.25) is 4.79 Å². The quantitative estimate of drug-likeness (QED) is 0.782. The predicted octanol–water partition coefficient (Wildman–Crippen LogP) is 0.0974. The average molecular weight is 237 g/mol. The Bertz CT molecular complexity index is 343.